The van der Waals surface area contributed by atoms with Crippen molar-refractivity contribution in [3.8, 4) is 101 Å². The van der Waals surface area contributed by atoms with Gasteiger partial charge in [-0.15, -0.1) is 0 Å². The molecule has 6 aromatic carbocycles. The van der Waals surface area contributed by atoms with Gasteiger partial charge in [0.1, 0.15) is 0 Å². The first kappa shape index (κ1) is 32.8. The SMILES string of the molecule is c1ccc2c(c1)-c1cc(-n3c4ccccc4c4ccccc43)ccc1-c1cnc(-n3cc4c(c3)-c3cccnc3-c3ncccc3-c3ccccc3-4)nc1-c1ccccc1-2. The second-order valence-corrected chi connectivity index (χ2v) is 15.5. The molecule has 60 heavy (non-hydrogen) atoms. The predicted molar refractivity (Wildman–Crippen MR) is 242 cm³/mol. The van der Waals surface area contributed by atoms with Crippen molar-refractivity contribution in [1.29, 1.82) is 0 Å². The van der Waals surface area contributed by atoms with E-state index in [-0.39, 0.29) is 0 Å². The van der Waals surface area contributed by atoms with Crippen LogP contribution in [0.4, 0.5) is 0 Å². The molecule has 5 aromatic heterocycles. The van der Waals surface area contributed by atoms with Crippen molar-refractivity contribution in [1.82, 2.24) is 29.1 Å². The van der Waals surface area contributed by atoms with E-state index in [1.54, 1.807) is 0 Å². The molecule has 0 bridgehead atoms. The topological polar surface area (TPSA) is 61.4 Å². The lowest BCUT2D eigenvalue weighted by atomic mass is 9.83. The van der Waals surface area contributed by atoms with Gasteiger partial charge in [-0.1, -0.05) is 127 Å². The summed E-state index contributed by atoms with van der Waals surface area (Å²) in [7, 11) is 0. The molecule has 2 aliphatic rings. The smallest absolute Gasteiger partial charge is 0.234 e. The molecule has 11 aromatic rings. The molecule has 0 unspecified atom stereocenters. The van der Waals surface area contributed by atoms with Crippen LogP contribution in [0.3, 0.4) is 0 Å². The standard InChI is InChI=1S/C54H32N6/c1-3-16-37-34(13-1)35-14-5-6-20-42(35)51-46(39-26-25-33(29-45(37)39)60-49-23-9-7-18-40(49)41-19-8-10-24-50(41)60)30-57-54(58-51)59-31-47-38-17-4-2-15-36(38)43-21-11-27-55-52(43)53-44(48(47)32-59)22-12-28-56-53/h1-32H. The van der Waals surface area contributed by atoms with Gasteiger partial charge >= 0.3 is 0 Å². The van der Waals surface area contributed by atoms with Crippen LogP contribution in [-0.2, 0) is 0 Å². The molecular weight excluding hydrogens is 733 g/mol. The lowest BCUT2D eigenvalue weighted by Crippen LogP contribution is -2.05. The van der Waals surface area contributed by atoms with Crippen molar-refractivity contribution in [2.75, 3.05) is 0 Å². The largest absolute Gasteiger partial charge is 0.309 e. The van der Waals surface area contributed by atoms with Crippen molar-refractivity contribution in [2.24, 2.45) is 0 Å². The molecule has 0 spiro atoms. The van der Waals surface area contributed by atoms with Crippen molar-refractivity contribution in [2.45, 2.75) is 0 Å². The first-order chi connectivity index (χ1) is 29.8. The molecule has 0 amide bonds. The Morgan fingerprint density at radius 2 is 0.800 bits per heavy atom. The van der Waals surface area contributed by atoms with Crippen LogP contribution < -0.4 is 0 Å². The number of nitrogens with zero attached hydrogens (tertiary/aromatic N) is 6. The summed E-state index contributed by atoms with van der Waals surface area (Å²) in [5.41, 5.74) is 20.2. The third-order valence-corrected chi connectivity index (χ3v) is 12.3. The summed E-state index contributed by atoms with van der Waals surface area (Å²) < 4.78 is 4.46. The quantitative estimate of drug-likeness (QED) is 0.176. The Morgan fingerprint density at radius 3 is 1.45 bits per heavy atom. The molecule has 6 heteroatoms. The van der Waals surface area contributed by atoms with Crippen molar-refractivity contribution >= 4 is 21.8 Å². The highest BCUT2D eigenvalue weighted by Crippen LogP contribution is 2.49. The maximum atomic E-state index is 5.51. The highest BCUT2D eigenvalue weighted by Gasteiger charge is 2.28. The highest BCUT2D eigenvalue weighted by atomic mass is 15.1. The van der Waals surface area contributed by atoms with Gasteiger partial charge in [0.2, 0.25) is 5.95 Å². The van der Waals surface area contributed by atoms with E-state index in [4.69, 9.17) is 19.9 Å². The first-order valence-corrected chi connectivity index (χ1v) is 20.2. The lowest BCUT2D eigenvalue weighted by molar-refractivity contribution is 0.940. The zero-order chi connectivity index (χ0) is 39.3. The molecule has 0 aliphatic heterocycles. The second kappa shape index (κ2) is 12.6. The number of hydrogen-bond acceptors (Lipinski definition) is 4. The normalized spacial score (nSPS) is 12.0. The van der Waals surface area contributed by atoms with Crippen molar-refractivity contribution in [3.63, 3.8) is 0 Å². The molecule has 0 saturated heterocycles. The van der Waals surface area contributed by atoms with Gasteiger partial charge < -0.3 is 4.57 Å². The van der Waals surface area contributed by atoms with Crippen molar-refractivity contribution in [3.05, 3.63) is 195 Å². The maximum absolute atomic E-state index is 5.51. The fourth-order valence-corrected chi connectivity index (χ4v) is 9.68. The number of para-hydroxylation sites is 2. The molecule has 6 nitrogen and oxygen atoms in total. The molecule has 0 fully saturated rings. The summed E-state index contributed by atoms with van der Waals surface area (Å²) >= 11 is 0. The Balaban J connectivity index is 1.05. The summed E-state index contributed by atoms with van der Waals surface area (Å²) in [6, 6.07) is 58.4. The third kappa shape index (κ3) is 4.70. The molecule has 0 atom stereocenters. The Hall–Kier alpha value is -8.22. The molecule has 0 radical (unpaired) electrons. The van der Waals surface area contributed by atoms with Gasteiger partial charge in [-0.2, -0.15) is 0 Å². The van der Waals surface area contributed by atoms with E-state index in [1.807, 2.05) is 30.7 Å². The third-order valence-electron chi connectivity index (χ3n) is 12.3. The van der Waals surface area contributed by atoms with Gasteiger partial charge in [0.15, 0.2) is 0 Å². The zero-order valence-corrected chi connectivity index (χ0v) is 32.2. The molecular formula is C54H32N6. The summed E-state index contributed by atoms with van der Waals surface area (Å²) in [5.74, 6) is 0.589. The molecule has 0 saturated carbocycles. The van der Waals surface area contributed by atoms with E-state index in [0.717, 1.165) is 89.5 Å². The maximum Gasteiger partial charge on any atom is 0.234 e. The average molecular weight is 765 g/mol. The van der Waals surface area contributed by atoms with Gasteiger partial charge in [0.05, 0.1) is 28.1 Å². The number of hydrogen-bond donors (Lipinski definition) is 0. The molecule has 2 aliphatic carbocycles. The monoisotopic (exact) mass is 764 g/mol. The van der Waals surface area contributed by atoms with Crippen LogP contribution in [0.5, 0.6) is 0 Å². The van der Waals surface area contributed by atoms with Crippen LogP contribution in [0.25, 0.3) is 123 Å². The van der Waals surface area contributed by atoms with Crippen LogP contribution in [0.2, 0.25) is 0 Å². The van der Waals surface area contributed by atoms with Crippen LogP contribution in [-0.4, -0.2) is 29.1 Å². The Morgan fingerprint density at radius 1 is 0.333 bits per heavy atom. The molecule has 0 N–H and O–H groups in total. The summed E-state index contributed by atoms with van der Waals surface area (Å²) in [4.78, 5) is 20.5. The van der Waals surface area contributed by atoms with Crippen LogP contribution in [0.15, 0.2) is 195 Å². The minimum Gasteiger partial charge on any atom is -0.309 e. The lowest BCUT2D eigenvalue weighted by Gasteiger charge is -2.23. The minimum atomic E-state index is 0.589. The number of pyridine rings is 2. The first-order valence-electron chi connectivity index (χ1n) is 20.2. The fraction of sp³-hybridized carbons (Fsp3) is 0. The van der Waals surface area contributed by atoms with E-state index >= 15 is 0 Å². The van der Waals surface area contributed by atoms with E-state index in [1.165, 1.54) is 27.4 Å². The van der Waals surface area contributed by atoms with Crippen LogP contribution in [0, 0.1) is 0 Å². The zero-order valence-electron chi connectivity index (χ0n) is 32.2. The Labute approximate surface area is 345 Å². The van der Waals surface area contributed by atoms with E-state index in [9.17, 15) is 0 Å². The van der Waals surface area contributed by atoms with E-state index < -0.39 is 0 Å². The summed E-state index contributed by atoms with van der Waals surface area (Å²) in [6.07, 6.45) is 10.0. The van der Waals surface area contributed by atoms with Gasteiger partial charge in [-0.25, -0.2) is 9.97 Å². The van der Waals surface area contributed by atoms with Gasteiger partial charge in [-0.05, 0) is 75.3 Å². The highest BCUT2D eigenvalue weighted by molar-refractivity contribution is 6.10. The number of benzene rings is 6. The van der Waals surface area contributed by atoms with Gasteiger partial charge in [0, 0.05) is 80.8 Å². The van der Waals surface area contributed by atoms with Crippen LogP contribution in [0.1, 0.15) is 0 Å². The number of fused-ring (bicyclic) bond motifs is 19. The van der Waals surface area contributed by atoms with E-state index in [0.29, 0.717) is 5.95 Å². The summed E-state index contributed by atoms with van der Waals surface area (Å²) in [5, 5.41) is 2.48. The number of rotatable bonds is 2. The molecule has 278 valence electrons. The second-order valence-electron chi connectivity index (χ2n) is 15.5. The Kier molecular flexibility index (Phi) is 6.91. The Bertz CT molecular complexity index is 3430. The molecule has 5 heterocycles. The van der Waals surface area contributed by atoms with Crippen molar-refractivity contribution < 1.29 is 0 Å². The summed E-state index contributed by atoms with van der Waals surface area (Å²) in [6.45, 7) is 0. The molecule has 13 rings (SSSR count). The predicted octanol–water partition coefficient (Wildman–Crippen LogP) is 13.1. The average Bonchev–Trinajstić information content (AvgIpc) is 3.91. The van der Waals surface area contributed by atoms with E-state index in [2.05, 4.69) is 173 Å². The van der Waals surface area contributed by atoms with Crippen LogP contribution >= 0.6 is 0 Å². The van der Waals surface area contributed by atoms with Gasteiger partial charge in [0.25, 0.3) is 0 Å². The minimum absolute atomic E-state index is 0.589. The fourth-order valence-electron chi connectivity index (χ4n) is 9.68. The number of aromatic nitrogens is 6. The van der Waals surface area contributed by atoms with Gasteiger partial charge in [-0.3, -0.25) is 14.5 Å².